The monoisotopic (exact) mass is 260 g/mol. The molecule has 4 heteroatoms. The van der Waals surface area contributed by atoms with Crippen molar-refractivity contribution < 1.29 is 9.53 Å². The fraction of sp³-hybridized carbons (Fsp3) is 0.400. The molecule has 4 N–H and O–H groups in total. The Hall–Kier alpha value is -1.99. The molecule has 1 aromatic carbocycles. The number of hydrogen-bond acceptors (Lipinski definition) is 3. The molecule has 0 radical (unpaired) electrons. The van der Waals surface area contributed by atoms with E-state index in [2.05, 4.69) is 11.8 Å². The number of primary amides is 1. The van der Waals surface area contributed by atoms with Gasteiger partial charge < -0.3 is 16.2 Å². The van der Waals surface area contributed by atoms with Crippen molar-refractivity contribution in [2.24, 2.45) is 11.5 Å². The molecule has 0 atom stereocenters. The molecule has 0 aliphatic rings. The lowest BCUT2D eigenvalue weighted by atomic mass is 10.1. The van der Waals surface area contributed by atoms with Gasteiger partial charge in [-0.05, 0) is 37.6 Å². The molecule has 4 nitrogen and oxygen atoms in total. The maximum absolute atomic E-state index is 11.4. The van der Waals surface area contributed by atoms with Crippen molar-refractivity contribution in [2.75, 3.05) is 13.2 Å². The summed E-state index contributed by atoms with van der Waals surface area (Å²) in [4.78, 5) is 11.4. The van der Waals surface area contributed by atoms with Crippen molar-refractivity contribution in [1.29, 1.82) is 0 Å². The summed E-state index contributed by atoms with van der Waals surface area (Å²) in [5.41, 5.74) is 11.9. The van der Waals surface area contributed by atoms with Crippen molar-refractivity contribution in [1.82, 2.24) is 0 Å². The molecular formula is C15H20N2O2. The molecule has 0 saturated carbocycles. The van der Waals surface area contributed by atoms with Crippen LogP contribution in [0.2, 0.25) is 0 Å². The summed E-state index contributed by atoms with van der Waals surface area (Å²) in [6, 6.07) is 5.23. The van der Waals surface area contributed by atoms with Crippen LogP contribution < -0.4 is 16.2 Å². The summed E-state index contributed by atoms with van der Waals surface area (Å²) in [6.45, 7) is 3.19. The average Bonchev–Trinajstić information content (AvgIpc) is 2.41. The zero-order valence-electron chi connectivity index (χ0n) is 11.2. The number of carbonyl (C=O) groups is 1. The fourth-order valence-corrected chi connectivity index (χ4v) is 1.49. The molecule has 0 unspecified atom stereocenters. The normalized spacial score (nSPS) is 9.58. The highest BCUT2D eigenvalue weighted by molar-refractivity contribution is 5.96. The molecule has 0 fully saturated rings. The molecule has 0 bridgehead atoms. The van der Waals surface area contributed by atoms with Gasteiger partial charge in [0.2, 0.25) is 0 Å². The third kappa shape index (κ3) is 5.02. The Kier molecular flexibility index (Phi) is 6.48. The van der Waals surface area contributed by atoms with Crippen LogP contribution in [0.25, 0.3) is 0 Å². The average molecular weight is 260 g/mol. The van der Waals surface area contributed by atoms with Gasteiger partial charge in [-0.1, -0.05) is 18.8 Å². The SMILES string of the molecule is CCCOc1ccc(C#CCCCN)cc1C(N)=O. The minimum atomic E-state index is -0.503. The van der Waals surface area contributed by atoms with Crippen molar-refractivity contribution in [3.63, 3.8) is 0 Å². The standard InChI is InChI=1S/C15H20N2O2/c1-2-10-19-14-8-7-12(6-4-3-5-9-16)11-13(14)15(17)18/h7-8,11H,2-3,5,9-10,16H2,1H3,(H2,17,18). The van der Waals surface area contributed by atoms with Crippen LogP contribution in [-0.4, -0.2) is 19.1 Å². The van der Waals surface area contributed by atoms with Crippen LogP contribution in [0.3, 0.4) is 0 Å². The zero-order valence-corrected chi connectivity index (χ0v) is 11.2. The predicted molar refractivity (Wildman–Crippen MR) is 75.9 cm³/mol. The van der Waals surface area contributed by atoms with Gasteiger partial charge in [0, 0.05) is 12.0 Å². The molecule has 1 rings (SSSR count). The molecule has 0 spiro atoms. The topological polar surface area (TPSA) is 78.3 Å². The highest BCUT2D eigenvalue weighted by Gasteiger charge is 2.09. The van der Waals surface area contributed by atoms with E-state index in [0.717, 1.165) is 24.8 Å². The van der Waals surface area contributed by atoms with Gasteiger partial charge in [-0.2, -0.15) is 0 Å². The number of amides is 1. The van der Waals surface area contributed by atoms with E-state index in [1.807, 2.05) is 13.0 Å². The van der Waals surface area contributed by atoms with Crippen molar-refractivity contribution >= 4 is 5.91 Å². The lowest BCUT2D eigenvalue weighted by Crippen LogP contribution is -2.13. The van der Waals surface area contributed by atoms with Gasteiger partial charge in [0.05, 0.1) is 12.2 Å². The van der Waals surface area contributed by atoms with Crippen molar-refractivity contribution in [2.45, 2.75) is 26.2 Å². The molecular weight excluding hydrogens is 240 g/mol. The smallest absolute Gasteiger partial charge is 0.252 e. The quantitative estimate of drug-likeness (QED) is 0.603. The minimum Gasteiger partial charge on any atom is -0.493 e. The summed E-state index contributed by atoms with van der Waals surface area (Å²) >= 11 is 0. The first-order valence-electron chi connectivity index (χ1n) is 6.44. The number of hydrogen-bond donors (Lipinski definition) is 2. The Morgan fingerprint density at radius 3 is 2.84 bits per heavy atom. The highest BCUT2D eigenvalue weighted by atomic mass is 16.5. The minimum absolute atomic E-state index is 0.374. The molecule has 1 aromatic rings. The molecule has 0 heterocycles. The number of carbonyl (C=O) groups excluding carboxylic acids is 1. The van der Waals surface area contributed by atoms with Gasteiger partial charge >= 0.3 is 0 Å². The predicted octanol–water partition coefficient (Wildman–Crippen LogP) is 1.66. The van der Waals surface area contributed by atoms with Crippen molar-refractivity contribution in [3.05, 3.63) is 29.3 Å². The van der Waals surface area contributed by atoms with E-state index in [1.165, 1.54) is 0 Å². The second kappa shape index (κ2) is 8.17. The van der Waals surface area contributed by atoms with Crippen molar-refractivity contribution in [3.8, 4) is 17.6 Å². The number of rotatable bonds is 6. The maximum Gasteiger partial charge on any atom is 0.252 e. The molecule has 0 aliphatic heterocycles. The number of unbranched alkanes of at least 4 members (excludes halogenated alkanes) is 1. The van der Waals surface area contributed by atoms with E-state index in [9.17, 15) is 4.79 Å². The third-order valence-corrected chi connectivity index (χ3v) is 2.45. The first kappa shape index (κ1) is 15.1. The van der Waals surface area contributed by atoms with Crippen LogP contribution in [0.15, 0.2) is 18.2 Å². The van der Waals surface area contributed by atoms with Crippen LogP contribution in [0.4, 0.5) is 0 Å². The van der Waals surface area contributed by atoms with E-state index in [4.69, 9.17) is 16.2 Å². The zero-order chi connectivity index (χ0) is 14.1. The summed E-state index contributed by atoms with van der Waals surface area (Å²) in [5, 5.41) is 0. The molecule has 0 saturated heterocycles. The summed E-state index contributed by atoms with van der Waals surface area (Å²) in [7, 11) is 0. The highest BCUT2D eigenvalue weighted by Crippen LogP contribution is 2.19. The third-order valence-electron chi connectivity index (χ3n) is 2.45. The Bertz CT molecular complexity index is 487. The Balaban J connectivity index is 2.88. The van der Waals surface area contributed by atoms with Gasteiger partial charge in [0.25, 0.3) is 5.91 Å². The summed E-state index contributed by atoms with van der Waals surface area (Å²) in [6.07, 6.45) is 2.49. The Morgan fingerprint density at radius 2 is 2.21 bits per heavy atom. The van der Waals surface area contributed by atoms with E-state index in [0.29, 0.717) is 24.5 Å². The maximum atomic E-state index is 11.4. The fourth-order valence-electron chi connectivity index (χ4n) is 1.49. The van der Waals surface area contributed by atoms with Gasteiger partial charge in [0.15, 0.2) is 0 Å². The molecule has 102 valence electrons. The molecule has 1 amide bonds. The van der Waals surface area contributed by atoms with Gasteiger partial charge in [-0.3, -0.25) is 4.79 Å². The lowest BCUT2D eigenvalue weighted by molar-refractivity contribution is 0.0996. The van der Waals surface area contributed by atoms with Crippen LogP contribution in [0.1, 0.15) is 42.1 Å². The summed E-state index contributed by atoms with van der Waals surface area (Å²) < 4.78 is 5.48. The van der Waals surface area contributed by atoms with Gasteiger partial charge in [-0.15, -0.1) is 0 Å². The van der Waals surface area contributed by atoms with E-state index >= 15 is 0 Å². The number of nitrogens with two attached hydrogens (primary N) is 2. The lowest BCUT2D eigenvalue weighted by Gasteiger charge is -2.08. The molecule has 0 aliphatic carbocycles. The largest absolute Gasteiger partial charge is 0.493 e. The molecule has 0 aromatic heterocycles. The first-order chi connectivity index (χ1) is 9.19. The Morgan fingerprint density at radius 1 is 1.42 bits per heavy atom. The van der Waals surface area contributed by atoms with Gasteiger partial charge in [-0.25, -0.2) is 0 Å². The number of ether oxygens (including phenoxy) is 1. The van der Waals surface area contributed by atoms with Crippen LogP contribution in [0.5, 0.6) is 5.75 Å². The van der Waals surface area contributed by atoms with E-state index in [1.54, 1.807) is 12.1 Å². The van der Waals surface area contributed by atoms with Crippen LogP contribution in [-0.2, 0) is 0 Å². The summed E-state index contributed by atoms with van der Waals surface area (Å²) in [5.74, 6) is 6.01. The molecule has 19 heavy (non-hydrogen) atoms. The second-order valence-corrected chi connectivity index (χ2v) is 4.12. The number of benzene rings is 1. The first-order valence-corrected chi connectivity index (χ1v) is 6.44. The van der Waals surface area contributed by atoms with Gasteiger partial charge in [0.1, 0.15) is 5.75 Å². The Labute approximate surface area is 114 Å². The van der Waals surface area contributed by atoms with E-state index in [-0.39, 0.29) is 0 Å². The van der Waals surface area contributed by atoms with Crippen LogP contribution in [0, 0.1) is 11.8 Å². The van der Waals surface area contributed by atoms with Crippen LogP contribution >= 0.6 is 0 Å². The van der Waals surface area contributed by atoms with E-state index < -0.39 is 5.91 Å². The second-order valence-electron chi connectivity index (χ2n) is 4.12.